The number of nitrogens with two attached hydrogens (primary N) is 4. The van der Waals surface area contributed by atoms with Gasteiger partial charge in [0.1, 0.15) is 42.8 Å². The fourth-order valence-corrected chi connectivity index (χ4v) is 5.44. The third-order valence-corrected chi connectivity index (χ3v) is 7.53. The van der Waals surface area contributed by atoms with Crippen LogP contribution in [0, 0.1) is 0 Å². The van der Waals surface area contributed by atoms with Gasteiger partial charge in [-0.15, -0.1) is 0 Å². The van der Waals surface area contributed by atoms with E-state index in [1.165, 1.54) is 0 Å². The van der Waals surface area contributed by atoms with Crippen molar-refractivity contribution in [3.8, 4) is 0 Å². The topological polar surface area (TPSA) is 243 Å². The third kappa shape index (κ3) is 5.55. The van der Waals surface area contributed by atoms with Gasteiger partial charge in [0.15, 0.2) is 18.9 Å². The van der Waals surface area contributed by atoms with E-state index in [0.717, 1.165) is 0 Å². The predicted octanol–water partition coefficient (Wildman–Crippen LogP) is -4.94. The number of alkyl halides is 1. The van der Waals surface area contributed by atoms with E-state index in [1.807, 2.05) is 0 Å². The molecule has 14 nitrogen and oxygen atoms in total. The second kappa shape index (κ2) is 11.6. The van der Waals surface area contributed by atoms with E-state index in [4.69, 9.17) is 46.6 Å². The summed E-state index contributed by atoms with van der Waals surface area (Å²) < 4.78 is 43.8. The van der Waals surface area contributed by atoms with Gasteiger partial charge in [0.05, 0.1) is 30.8 Å². The zero-order chi connectivity index (χ0) is 26.3. The van der Waals surface area contributed by atoms with Gasteiger partial charge in [0, 0.05) is 12.1 Å². The minimum atomic E-state index is -1.53. The molecule has 0 bridgehead atoms. The molecule has 0 aromatic carbocycles. The highest BCUT2D eigenvalue weighted by atomic mass is 19.1. The van der Waals surface area contributed by atoms with Crippen LogP contribution in [0.15, 0.2) is 0 Å². The first-order valence-corrected chi connectivity index (χ1v) is 12.3. The highest BCUT2D eigenvalue weighted by Crippen LogP contribution is 2.35. The molecule has 36 heavy (non-hydrogen) atoms. The maximum absolute atomic E-state index is 14.6. The van der Waals surface area contributed by atoms with Crippen LogP contribution in [0.2, 0.25) is 0 Å². The molecule has 1 aliphatic carbocycles. The van der Waals surface area contributed by atoms with Crippen molar-refractivity contribution in [2.45, 2.75) is 117 Å². The largest absolute Gasteiger partial charge is 0.394 e. The molecule has 0 aromatic rings. The molecular formula is C21H40FN5O9. The van der Waals surface area contributed by atoms with Crippen LogP contribution in [0.1, 0.15) is 19.3 Å². The monoisotopic (exact) mass is 525 g/mol. The number of ether oxygens (including phenoxy) is 5. The molecule has 0 aromatic heterocycles. The van der Waals surface area contributed by atoms with Gasteiger partial charge in [0.25, 0.3) is 0 Å². The van der Waals surface area contributed by atoms with Gasteiger partial charge in [-0.05, 0) is 26.3 Å². The second-order valence-electron chi connectivity index (χ2n) is 10.1. The van der Waals surface area contributed by atoms with Crippen LogP contribution >= 0.6 is 0 Å². The highest BCUT2D eigenvalue weighted by Gasteiger charge is 2.53. The van der Waals surface area contributed by atoms with E-state index < -0.39 is 98.5 Å². The molecule has 3 heterocycles. The molecular weight excluding hydrogens is 485 g/mol. The predicted molar refractivity (Wildman–Crippen MR) is 121 cm³/mol. The summed E-state index contributed by atoms with van der Waals surface area (Å²) >= 11 is 0. The fraction of sp³-hybridized carbons (Fsp3) is 1.00. The summed E-state index contributed by atoms with van der Waals surface area (Å²) in [4.78, 5) is 0. The Bertz CT molecular complexity index is 717. The lowest BCUT2D eigenvalue weighted by Gasteiger charge is -2.51. The number of likely N-dealkylation sites (N-methyl/N-ethyl adjacent to an activating group) is 1. The Morgan fingerprint density at radius 2 is 1.58 bits per heavy atom. The molecule has 4 aliphatic rings. The van der Waals surface area contributed by atoms with Gasteiger partial charge < -0.3 is 72.4 Å². The summed E-state index contributed by atoms with van der Waals surface area (Å²) in [7, 11) is 1.56. The normalized spacial score (nSPS) is 54.2. The van der Waals surface area contributed by atoms with Crippen LogP contribution in [0.3, 0.4) is 0 Å². The summed E-state index contributed by atoms with van der Waals surface area (Å²) in [5, 5.41) is 44.1. The molecule has 0 amide bonds. The van der Waals surface area contributed by atoms with Crippen molar-refractivity contribution in [3.63, 3.8) is 0 Å². The van der Waals surface area contributed by atoms with Crippen LogP contribution in [0.25, 0.3) is 0 Å². The summed E-state index contributed by atoms with van der Waals surface area (Å²) in [5.41, 5.74) is 23.9. The first-order chi connectivity index (χ1) is 17.0. The minimum absolute atomic E-state index is 0.116. The maximum atomic E-state index is 14.6. The first-order valence-electron chi connectivity index (χ1n) is 12.3. The summed E-state index contributed by atoms with van der Waals surface area (Å²) in [6.07, 6.45) is -11.9. The second-order valence-corrected chi connectivity index (χ2v) is 10.1. The molecule has 13 N–H and O–H groups in total. The van der Waals surface area contributed by atoms with Crippen molar-refractivity contribution in [2.75, 3.05) is 13.7 Å². The molecule has 1 saturated carbocycles. The van der Waals surface area contributed by atoms with E-state index in [1.54, 1.807) is 7.05 Å². The van der Waals surface area contributed by atoms with Crippen LogP contribution in [-0.2, 0) is 23.7 Å². The smallest absolute Gasteiger partial charge is 0.189 e. The number of nitrogens with one attached hydrogen (secondary N) is 1. The molecule has 0 spiro atoms. The SMILES string of the molecule is CNC1C(O[C@H]2OC(CO)[C@@H](N)[C@H](O)C2O)O[C@H]2CC(N)[C@@H](O[C@H]3C(N)C[C@@H](N)C[C@H]3F)OC2C1O. The quantitative estimate of drug-likeness (QED) is 0.158. The first kappa shape index (κ1) is 28.4. The number of fused-ring (bicyclic) bond motifs is 1. The van der Waals surface area contributed by atoms with Crippen molar-refractivity contribution >= 4 is 0 Å². The van der Waals surface area contributed by atoms with Gasteiger partial charge in [-0.2, -0.15) is 0 Å². The number of halogens is 1. The zero-order valence-electron chi connectivity index (χ0n) is 20.1. The van der Waals surface area contributed by atoms with Gasteiger partial charge >= 0.3 is 0 Å². The summed E-state index contributed by atoms with van der Waals surface area (Å²) in [5.74, 6) is 0. The van der Waals surface area contributed by atoms with Crippen LogP contribution in [0.4, 0.5) is 4.39 Å². The Morgan fingerprint density at radius 3 is 2.22 bits per heavy atom. The van der Waals surface area contributed by atoms with Crippen molar-refractivity contribution in [3.05, 3.63) is 0 Å². The lowest BCUT2D eigenvalue weighted by atomic mass is 9.87. The van der Waals surface area contributed by atoms with E-state index in [2.05, 4.69) is 5.32 Å². The molecule has 8 unspecified atom stereocenters. The molecule has 4 fully saturated rings. The Morgan fingerprint density at radius 1 is 0.861 bits per heavy atom. The molecule has 3 saturated heterocycles. The van der Waals surface area contributed by atoms with Crippen LogP contribution in [-0.4, -0.2) is 132 Å². The average molecular weight is 526 g/mol. The third-order valence-electron chi connectivity index (χ3n) is 7.53. The van der Waals surface area contributed by atoms with Gasteiger partial charge in [-0.3, -0.25) is 0 Å². The van der Waals surface area contributed by atoms with E-state index >= 15 is 0 Å². The van der Waals surface area contributed by atoms with Crippen molar-refractivity contribution < 1.29 is 48.5 Å². The lowest BCUT2D eigenvalue weighted by Crippen LogP contribution is -2.70. The molecule has 16 atom stereocenters. The van der Waals surface area contributed by atoms with E-state index in [9.17, 15) is 24.8 Å². The van der Waals surface area contributed by atoms with Crippen molar-refractivity contribution in [1.29, 1.82) is 0 Å². The van der Waals surface area contributed by atoms with Gasteiger partial charge in [-0.1, -0.05) is 0 Å². The molecule has 15 heteroatoms. The Labute approximate surface area is 208 Å². The average Bonchev–Trinajstić information content (AvgIpc) is 2.82. The van der Waals surface area contributed by atoms with Crippen LogP contribution < -0.4 is 28.3 Å². The van der Waals surface area contributed by atoms with Crippen molar-refractivity contribution in [1.82, 2.24) is 5.32 Å². The number of hydrogen-bond donors (Lipinski definition) is 9. The fourth-order valence-electron chi connectivity index (χ4n) is 5.44. The van der Waals surface area contributed by atoms with E-state index in [0.29, 0.717) is 6.42 Å². The minimum Gasteiger partial charge on any atom is -0.394 e. The highest BCUT2D eigenvalue weighted by molar-refractivity contribution is 5.00. The Hall–Kier alpha value is -0.630. The number of rotatable bonds is 6. The van der Waals surface area contributed by atoms with Crippen molar-refractivity contribution in [2.24, 2.45) is 22.9 Å². The number of aliphatic hydroxyl groups excluding tert-OH is 4. The standard InChI is InChI=1S/C21H40FN5O9/c1-27-13-15(30)18-10(32-20(13)36-21-16(31)14(29)12(26)11(5-28)33-21)4-9(25)19(35-18)34-17-7(22)2-6(23)3-8(17)24/h6-21,27-31H,2-5,23-26H2,1H3/t6-,7+,8?,9?,10-,11?,12+,13?,14-,15?,16?,17+,18?,19-,20?,21+/m0/s1. The Balaban J connectivity index is 1.43. The lowest BCUT2D eigenvalue weighted by molar-refractivity contribution is -0.372. The Kier molecular flexibility index (Phi) is 9.17. The molecule has 210 valence electrons. The van der Waals surface area contributed by atoms with Crippen LogP contribution in [0.5, 0.6) is 0 Å². The summed E-state index contributed by atoms with van der Waals surface area (Å²) in [6.45, 7) is -0.500. The molecule has 3 aliphatic heterocycles. The number of hydrogen-bond acceptors (Lipinski definition) is 14. The zero-order valence-corrected chi connectivity index (χ0v) is 20.1. The number of aliphatic hydroxyl groups is 4. The van der Waals surface area contributed by atoms with E-state index in [-0.39, 0.29) is 18.9 Å². The molecule has 4 rings (SSSR count). The van der Waals surface area contributed by atoms with Gasteiger partial charge in [-0.25, -0.2) is 4.39 Å². The summed E-state index contributed by atoms with van der Waals surface area (Å²) in [6, 6.07) is -3.58. The van der Waals surface area contributed by atoms with Gasteiger partial charge in [0.2, 0.25) is 0 Å². The maximum Gasteiger partial charge on any atom is 0.189 e. The molecule has 0 radical (unpaired) electrons.